The Hall–Kier alpha value is -1.03. The van der Waals surface area contributed by atoms with E-state index in [9.17, 15) is 13.2 Å². The minimum absolute atomic E-state index is 0.234. The van der Waals surface area contributed by atoms with Gasteiger partial charge in [0.25, 0.3) is 0 Å². The minimum Gasteiger partial charge on any atom is -0.302 e. The Labute approximate surface area is 93.7 Å². The Morgan fingerprint density at radius 1 is 1.19 bits per heavy atom. The van der Waals surface area contributed by atoms with Crippen LogP contribution in [-0.2, 0) is 0 Å². The lowest BCUT2D eigenvalue weighted by atomic mass is 10.0. The quantitative estimate of drug-likeness (QED) is 0.834. The van der Waals surface area contributed by atoms with Crippen molar-refractivity contribution in [1.29, 1.82) is 0 Å². The summed E-state index contributed by atoms with van der Waals surface area (Å²) in [5.41, 5.74) is 2.01. The third kappa shape index (κ3) is 4.23. The maximum atomic E-state index is 12.1. The zero-order valence-electron chi connectivity index (χ0n) is 9.43. The van der Waals surface area contributed by atoms with Crippen LogP contribution in [0.2, 0.25) is 0 Å². The first-order chi connectivity index (χ1) is 7.42. The Morgan fingerprint density at radius 2 is 1.75 bits per heavy atom. The molecule has 0 aliphatic carbocycles. The number of benzene rings is 1. The molecule has 0 fully saturated rings. The highest BCUT2D eigenvalue weighted by Gasteiger charge is 2.27. The van der Waals surface area contributed by atoms with E-state index in [4.69, 9.17) is 0 Å². The molecule has 1 atom stereocenters. The molecule has 0 amide bonds. The number of rotatable bonds is 4. The predicted octanol–water partition coefficient (Wildman–Crippen LogP) is 3.60. The normalized spacial score (nSPS) is 13.8. The first kappa shape index (κ1) is 13.0. The topological polar surface area (TPSA) is 12.0 Å². The molecular formula is C12H16F3N. The highest BCUT2D eigenvalue weighted by Crippen LogP contribution is 2.20. The van der Waals surface area contributed by atoms with Crippen LogP contribution >= 0.6 is 0 Å². The van der Waals surface area contributed by atoms with Crippen molar-refractivity contribution < 1.29 is 13.2 Å². The highest BCUT2D eigenvalue weighted by molar-refractivity contribution is 5.24. The maximum absolute atomic E-state index is 12.1. The molecule has 1 aromatic carbocycles. The van der Waals surface area contributed by atoms with E-state index in [-0.39, 0.29) is 6.04 Å². The van der Waals surface area contributed by atoms with Crippen molar-refractivity contribution >= 4 is 0 Å². The molecule has 1 N–H and O–H groups in total. The molecule has 90 valence electrons. The van der Waals surface area contributed by atoms with E-state index >= 15 is 0 Å². The smallest absolute Gasteiger partial charge is 0.302 e. The fourth-order valence-corrected chi connectivity index (χ4v) is 1.54. The molecule has 0 aromatic heterocycles. The fourth-order valence-electron chi connectivity index (χ4n) is 1.54. The second-order valence-corrected chi connectivity index (χ2v) is 3.87. The van der Waals surface area contributed by atoms with Crippen molar-refractivity contribution in [2.45, 2.75) is 32.5 Å². The summed E-state index contributed by atoms with van der Waals surface area (Å²) in [4.78, 5) is 0. The van der Waals surface area contributed by atoms with Gasteiger partial charge < -0.3 is 5.32 Å². The molecule has 0 spiro atoms. The number of aryl methyl sites for hydroxylation is 1. The van der Waals surface area contributed by atoms with E-state index < -0.39 is 12.7 Å². The van der Waals surface area contributed by atoms with Gasteiger partial charge in [0.15, 0.2) is 0 Å². The van der Waals surface area contributed by atoms with Crippen molar-refractivity contribution in [1.82, 2.24) is 5.32 Å². The Balaban J connectivity index is 2.64. The van der Waals surface area contributed by atoms with E-state index in [1.165, 1.54) is 0 Å². The standard InChI is InChI=1S/C12H16F3N/c1-3-11(16-8-12(13,14)15)10-6-4-9(2)5-7-10/h4-7,11,16H,3,8H2,1-2H3. The summed E-state index contributed by atoms with van der Waals surface area (Å²) in [5.74, 6) is 0. The molecule has 0 aliphatic heterocycles. The lowest BCUT2D eigenvalue weighted by Gasteiger charge is -2.18. The molecule has 1 unspecified atom stereocenters. The van der Waals surface area contributed by atoms with E-state index in [1.54, 1.807) is 0 Å². The molecule has 0 aliphatic rings. The average molecular weight is 231 g/mol. The summed E-state index contributed by atoms with van der Waals surface area (Å²) < 4.78 is 36.2. The van der Waals surface area contributed by atoms with E-state index in [2.05, 4.69) is 5.32 Å². The molecule has 0 heterocycles. The van der Waals surface area contributed by atoms with Crippen LogP contribution in [0.1, 0.15) is 30.5 Å². The highest BCUT2D eigenvalue weighted by atomic mass is 19.4. The predicted molar refractivity (Wildman–Crippen MR) is 58.3 cm³/mol. The van der Waals surface area contributed by atoms with E-state index in [1.807, 2.05) is 38.1 Å². The zero-order chi connectivity index (χ0) is 12.2. The minimum atomic E-state index is -4.15. The molecule has 0 saturated heterocycles. The number of nitrogens with one attached hydrogen (secondary N) is 1. The summed E-state index contributed by atoms with van der Waals surface area (Å²) >= 11 is 0. The van der Waals surface area contributed by atoms with Crippen LogP contribution in [0.4, 0.5) is 13.2 Å². The second-order valence-electron chi connectivity index (χ2n) is 3.87. The summed E-state index contributed by atoms with van der Waals surface area (Å²) in [6.07, 6.45) is -3.52. The summed E-state index contributed by atoms with van der Waals surface area (Å²) in [7, 11) is 0. The van der Waals surface area contributed by atoms with Gasteiger partial charge in [-0.15, -0.1) is 0 Å². The number of hydrogen-bond donors (Lipinski definition) is 1. The lowest BCUT2D eigenvalue weighted by molar-refractivity contribution is -0.126. The van der Waals surface area contributed by atoms with Gasteiger partial charge in [0.1, 0.15) is 0 Å². The lowest BCUT2D eigenvalue weighted by Crippen LogP contribution is -2.31. The summed E-state index contributed by atoms with van der Waals surface area (Å²) in [5, 5.41) is 2.52. The SMILES string of the molecule is CCC(NCC(F)(F)F)c1ccc(C)cc1. The zero-order valence-corrected chi connectivity index (χ0v) is 9.43. The van der Waals surface area contributed by atoms with Gasteiger partial charge in [0.2, 0.25) is 0 Å². The largest absolute Gasteiger partial charge is 0.401 e. The van der Waals surface area contributed by atoms with Crippen LogP contribution in [0.15, 0.2) is 24.3 Å². The van der Waals surface area contributed by atoms with Gasteiger partial charge in [-0.25, -0.2) is 0 Å². The van der Waals surface area contributed by atoms with Crippen molar-refractivity contribution in [3.8, 4) is 0 Å². The first-order valence-electron chi connectivity index (χ1n) is 5.29. The monoisotopic (exact) mass is 231 g/mol. The van der Waals surface area contributed by atoms with Gasteiger partial charge in [-0.05, 0) is 18.9 Å². The van der Waals surface area contributed by atoms with Crippen molar-refractivity contribution in [3.05, 3.63) is 35.4 Å². The molecule has 0 bridgehead atoms. The van der Waals surface area contributed by atoms with Gasteiger partial charge in [-0.2, -0.15) is 13.2 Å². The van der Waals surface area contributed by atoms with Crippen LogP contribution < -0.4 is 5.32 Å². The van der Waals surface area contributed by atoms with Gasteiger partial charge in [0, 0.05) is 6.04 Å². The van der Waals surface area contributed by atoms with Crippen LogP contribution in [-0.4, -0.2) is 12.7 Å². The van der Waals surface area contributed by atoms with E-state index in [0.717, 1.165) is 11.1 Å². The van der Waals surface area contributed by atoms with Gasteiger partial charge in [-0.1, -0.05) is 36.8 Å². The number of alkyl halides is 3. The van der Waals surface area contributed by atoms with Crippen molar-refractivity contribution in [2.75, 3.05) is 6.54 Å². The van der Waals surface area contributed by atoms with E-state index in [0.29, 0.717) is 6.42 Å². The first-order valence-corrected chi connectivity index (χ1v) is 5.29. The number of halogens is 3. The third-order valence-electron chi connectivity index (χ3n) is 2.44. The van der Waals surface area contributed by atoms with Gasteiger partial charge >= 0.3 is 6.18 Å². The summed E-state index contributed by atoms with van der Waals surface area (Å²) in [6.45, 7) is 2.88. The molecule has 1 aromatic rings. The second kappa shape index (κ2) is 5.34. The van der Waals surface area contributed by atoms with Crippen LogP contribution in [0, 0.1) is 6.92 Å². The average Bonchev–Trinajstić information content (AvgIpc) is 2.20. The van der Waals surface area contributed by atoms with Crippen LogP contribution in [0.5, 0.6) is 0 Å². The van der Waals surface area contributed by atoms with Crippen LogP contribution in [0.25, 0.3) is 0 Å². The molecule has 0 saturated carbocycles. The molecule has 1 rings (SSSR count). The fraction of sp³-hybridized carbons (Fsp3) is 0.500. The van der Waals surface area contributed by atoms with Crippen molar-refractivity contribution in [3.63, 3.8) is 0 Å². The maximum Gasteiger partial charge on any atom is 0.401 e. The number of hydrogen-bond acceptors (Lipinski definition) is 1. The Morgan fingerprint density at radius 3 is 2.19 bits per heavy atom. The molecule has 16 heavy (non-hydrogen) atoms. The molecular weight excluding hydrogens is 215 g/mol. The third-order valence-corrected chi connectivity index (χ3v) is 2.44. The Kier molecular flexibility index (Phi) is 4.35. The van der Waals surface area contributed by atoms with Gasteiger partial charge in [-0.3, -0.25) is 0 Å². The Bertz CT molecular complexity index is 316. The summed E-state index contributed by atoms with van der Waals surface area (Å²) in [6, 6.07) is 7.32. The molecule has 4 heteroatoms. The van der Waals surface area contributed by atoms with Crippen molar-refractivity contribution in [2.24, 2.45) is 0 Å². The molecule has 0 radical (unpaired) electrons. The van der Waals surface area contributed by atoms with Gasteiger partial charge in [0.05, 0.1) is 6.54 Å². The van der Waals surface area contributed by atoms with Crippen LogP contribution in [0.3, 0.4) is 0 Å². The molecule has 1 nitrogen and oxygen atoms in total.